The van der Waals surface area contributed by atoms with Gasteiger partial charge in [0.05, 0.1) is 22.8 Å². The molecule has 2 rings (SSSR count). The van der Waals surface area contributed by atoms with Gasteiger partial charge in [0.1, 0.15) is 0 Å². The van der Waals surface area contributed by atoms with E-state index >= 15 is 0 Å². The third kappa shape index (κ3) is 5.13. The quantitative estimate of drug-likeness (QED) is 0.861. The molecule has 0 atom stereocenters. The molecule has 0 saturated carbocycles. The van der Waals surface area contributed by atoms with Crippen molar-refractivity contribution in [2.75, 3.05) is 19.6 Å². The van der Waals surface area contributed by atoms with Crippen molar-refractivity contribution in [3.63, 3.8) is 0 Å². The van der Waals surface area contributed by atoms with Crippen LogP contribution in [0.1, 0.15) is 31.2 Å². The number of hydrogen-bond donors (Lipinski definition) is 1. The summed E-state index contributed by atoms with van der Waals surface area (Å²) in [7, 11) is 0. The van der Waals surface area contributed by atoms with E-state index < -0.39 is 0 Å². The molecule has 2 N–H and O–H groups in total. The van der Waals surface area contributed by atoms with Gasteiger partial charge in [-0.05, 0) is 43.5 Å². The van der Waals surface area contributed by atoms with E-state index in [0.29, 0.717) is 29.6 Å². The van der Waals surface area contributed by atoms with Gasteiger partial charge in [0.25, 0.3) is 0 Å². The zero-order chi connectivity index (χ0) is 15.9. The van der Waals surface area contributed by atoms with Crippen LogP contribution in [0.15, 0.2) is 18.2 Å². The van der Waals surface area contributed by atoms with Gasteiger partial charge in [0, 0.05) is 19.5 Å². The van der Waals surface area contributed by atoms with Gasteiger partial charge in [-0.15, -0.1) is 0 Å². The summed E-state index contributed by atoms with van der Waals surface area (Å²) in [5, 5.41) is 1.10. The lowest BCUT2D eigenvalue weighted by molar-refractivity contribution is -0.134. The number of likely N-dealkylation sites (tertiary alicyclic amines) is 1. The molecule has 1 amide bonds. The molecule has 0 spiro atoms. The molecular weight excluding hydrogens is 323 g/mol. The summed E-state index contributed by atoms with van der Waals surface area (Å²) in [5.41, 5.74) is 6.44. The fourth-order valence-electron chi connectivity index (χ4n) is 2.53. The highest BCUT2D eigenvalue weighted by Gasteiger charge is 2.22. The van der Waals surface area contributed by atoms with Crippen molar-refractivity contribution in [2.45, 2.75) is 38.4 Å². The van der Waals surface area contributed by atoms with Gasteiger partial charge in [-0.2, -0.15) is 0 Å². The van der Waals surface area contributed by atoms with Crippen LogP contribution in [0, 0.1) is 0 Å². The van der Waals surface area contributed by atoms with Crippen molar-refractivity contribution in [3.05, 3.63) is 33.8 Å². The molecular formula is C16H22Cl2N2O2. The predicted octanol–water partition coefficient (Wildman–Crippen LogP) is 3.24. The van der Waals surface area contributed by atoms with Gasteiger partial charge in [-0.3, -0.25) is 4.79 Å². The Morgan fingerprint density at radius 3 is 2.64 bits per heavy atom. The molecule has 1 aromatic carbocycles. The molecule has 0 aromatic heterocycles. The number of halogens is 2. The highest BCUT2D eigenvalue weighted by atomic mass is 35.5. The average Bonchev–Trinajstić information content (AvgIpc) is 2.54. The van der Waals surface area contributed by atoms with Gasteiger partial charge < -0.3 is 15.4 Å². The smallest absolute Gasteiger partial charge is 0.222 e. The second kappa shape index (κ2) is 8.73. The Morgan fingerprint density at radius 1 is 1.27 bits per heavy atom. The molecule has 1 heterocycles. The van der Waals surface area contributed by atoms with Gasteiger partial charge in [0.15, 0.2) is 0 Å². The minimum Gasteiger partial charge on any atom is -0.373 e. The number of ether oxygens (including phenoxy) is 1. The van der Waals surface area contributed by atoms with Crippen molar-refractivity contribution in [3.8, 4) is 0 Å². The molecule has 22 heavy (non-hydrogen) atoms. The SMILES string of the molecule is NCCCC(=O)N1CCC(OCc2ccc(Cl)c(Cl)c2)CC1. The van der Waals surface area contributed by atoms with Crippen LogP contribution in [0.2, 0.25) is 10.0 Å². The number of hydrogen-bond acceptors (Lipinski definition) is 3. The van der Waals surface area contributed by atoms with Gasteiger partial charge in [-0.25, -0.2) is 0 Å². The zero-order valence-electron chi connectivity index (χ0n) is 12.6. The predicted molar refractivity (Wildman–Crippen MR) is 89.1 cm³/mol. The Balaban J connectivity index is 1.73. The van der Waals surface area contributed by atoms with Crippen LogP contribution in [0.5, 0.6) is 0 Å². The first-order valence-electron chi connectivity index (χ1n) is 7.63. The summed E-state index contributed by atoms with van der Waals surface area (Å²) < 4.78 is 5.91. The zero-order valence-corrected chi connectivity index (χ0v) is 14.1. The molecule has 4 nitrogen and oxygen atoms in total. The second-order valence-electron chi connectivity index (χ2n) is 5.53. The Bertz CT molecular complexity index is 503. The molecule has 1 aliphatic heterocycles. The van der Waals surface area contributed by atoms with Gasteiger partial charge in [-0.1, -0.05) is 29.3 Å². The van der Waals surface area contributed by atoms with Crippen molar-refractivity contribution >= 4 is 29.1 Å². The molecule has 6 heteroatoms. The lowest BCUT2D eigenvalue weighted by atomic mass is 10.1. The number of nitrogens with two attached hydrogens (primary N) is 1. The van der Waals surface area contributed by atoms with Crippen molar-refractivity contribution < 1.29 is 9.53 Å². The number of carbonyl (C=O) groups is 1. The third-order valence-electron chi connectivity index (χ3n) is 3.86. The Labute approximate surface area is 141 Å². The molecule has 0 aliphatic carbocycles. The summed E-state index contributed by atoms with van der Waals surface area (Å²) in [6.45, 7) is 2.60. The summed E-state index contributed by atoms with van der Waals surface area (Å²) in [4.78, 5) is 13.8. The van der Waals surface area contributed by atoms with Crippen molar-refractivity contribution in [1.29, 1.82) is 0 Å². The summed E-state index contributed by atoms with van der Waals surface area (Å²) >= 11 is 11.9. The number of rotatable bonds is 6. The van der Waals surface area contributed by atoms with Crippen molar-refractivity contribution in [2.24, 2.45) is 5.73 Å². The molecule has 1 saturated heterocycles. The van der Waals surface area contributed by atoms with Crippen LogP contribution >= 0.6 is 23.2 Å². The van der Waals surface area contributed by atoms with E-state index in [1.807, 2.05) is 17.0 Å². The molecule has 0 bridgehead atoms. The first kappa shape index (κ1) is 17.5. The minimum absolute atomic E-state index is 0.188. The fourth-order valence-corrected chi connectivity index (χ4v) is 2.85. The largest absolute Gasteiger partial charge is 0.373 e. The van der Waals surface area contributed by atoms with E-state index in [9.17, 15) is 4.79 Å². The van der Waals surface area contributed by atoms with Crippen LogP contribution in [0.4, 0.5) is 0 Å². The standard InChI is InChI=1S/C16H22Cl2N2O2/c17-14-4-3-12(10-15(14)18)11-22-13-5-8-20(9-6-13)16(21)2-1-7-19/h3-4,10,13H,1-2,5-9,11,19H2. The number of carbonyl (C=O) groups excluding carboxylic acids is 1. The second-order valence-corrected chi connectivity index (χ2v) is 6.35. The monoisotopic (exact) mass is 344 g/mol. The number of nitrogens with zero attached hydrogens (tertiary/aromatic N) is 1. The van der Waals surface area contributed by atoms with E-state index in [-0.39, 0.29) is 12.0 Å². The maximum absolute atomic E-state index is 11.9. The highest BCUT2D eigenvalue weighted by molar-refractivity contribution is 6.42. The normalized spacial score (nSPS) is 16.0. The molecule has 0 radical (unpaired) electrons. The minimum atomic E-state index is 0.188. The third-order valence-corrected chi connectivity index (χ3v) is 4.60. The van der Waals surface area contributed by atoms with Gasteiger partial charge >= 0.3 is 0 Å². The molecule has 1 aliphatic rings. The number of amides is 1. The van der Waals surface area contributed by atoms with Crippen LogP contribution in [0.25, 0.3) is 0 Å². The van der Waals surface area contributed by atoms with E-state index in [1.165, 1.54) is 0 Å². The topological polar surface area (TPSA) is 55.6 Å². The Hall–Kier alpha value is -0.810. The van der Waals surface area contributed by atoms with Crippen LogP contribution < -0.4 is 5.73 Å². The van der Waals surface area contributed by atoms with E-state index in [2.05, 4.69) is 0 Å². The Morgan fingerprint density at radius 2 is 2.00 bits per heavy atom. The van der Waals surface area contributed by atoms with E-state index in [4.69, 9.17) is 33.7 Å². The summed E-state index contributed by atoms with van der Waals surface area (Å²) in [6, 6.07) is 5.52. The number of benzene rings is 1. The average molecular weight is 345 g/mol. The maximum Gasteiger partial charge on any atom is 0.222 e. The molecule has 1 aromatic rings. The lowest BCUT2D eigenvalue weighted by Crippen LogP contribution is -2.40. The number of piperidine rings is 1. The maximum atomic E-state index is 11.9. The molecule has 0 unspecified atom stereocenters. The molecule has 1 fully saturated rings. The van der Waals surface area contributed by atoms with Crippen LogP contribution in [-0.2, 0) is 16.1 Å². The summed E-state index contributed by atoms with van der Waals surface area (Å²) in [6.07, 6.45) is 3.23. The van der Waals surface area contributed by atoms with Crippen LogP contribution in [0.3, 0.4) is 0 Å². The molecule has 122 valence electrons. The first-order chi connectivity index (χ1) is 10.6. The summed E-state index contributed by atoms with van der Waals surface area (Å²) in [5.74, 6) is 0.202. The van der Waals surface area contributed by atoms with Crippen LogP contribution in [-0.4, -0.2) is 36.5 Å². The lowest BCUT2D eigenvalue weighted by Gasteiger charge is -2.32. The van der Waals surface area contributed by atoms with E-state index in [0.717, 1.165) is 37.9 Å². The van der Waals surface area contributed by atoms with E-state index in [1.54, 1.807) is 6.07 Å². The van der Waals surface area contributed by atoms with Gasteiger partial charge in [0.2, 0.25) is 5.91 Å². The first-order valence-corrected chi connectivity index (χ1v) is 8.39. The Kier molecular flexibility index (Phi) is 6.96. The highest BCUT2D eigenvalue weighted by Crippen LogP contribution is 2.24. The van der Waals surface area contributed by atoms with Crippen molar-refractivity contribution in [1.82, 2.24) is 4.90 Å². The fraction of sp³-hybridized carbons (Fsp3) is 0.562.